The summed E-state index contributed by atoms with van der Waals surface area (Å²) in [4.78, 5) is 0. The van der Waals surface area contributed by atoms with Crippen molar-refractivity contribution in [2.24, 2.45) is 5.73 Å². The first kappa shape index (κ1) is 16.6. The molecule has 1 aromatic rings. The van der Waals surface area contributed by atoms with Gasteiger partial charge in [-0.3, -0.25) is 0 Å². The van der Waals surface area contributed by atoms with Crippen LogP contribution in [0.15, 0.2) is 18.2 Å². The van der Waals surface area contributed by atoms with Crippen LogP contribution >= 0.6 is 0 Å². The van der Waals surface area contributed by atoms with Crippen molar-refractivity contribution in [3.05, 3.63) is 23.8 Å². The van der Waals surface area contributed by atoms with E-state index in [1.54, 1.807) is 12.1 Å². The van der Waals surface area contributed by atoms with Gasteiger partial charge in [-0.15, -0.1) is 0 Å². The average molecular weight is 293 g/mol. The molecule has 0 aliphatic heterocycles. The molecule has 1 aromatic carbocycles. The summed E-state index contributed by atoms with van der Waals surface area (Å²) < 4.78 is 50.5. The van der Waals surface area contributed by atoms with Crippen molar-refractivity contribution in [1.82, 2.24) is 0 Å². The number of hydrogen-bond acceptors (Lipinski definition) is 4. The number of ether oxygens (including phenoxy) is 3. The Kier molecular flexibility index (Phi) is 6.60. The van der Waals surface area contributed by atoms with Crippen LogP contribution in [-0.4, -0.2) is 39.7 Å². The Morgan fingerprint density at radius 3 is 2.50 bits per heavy atom. The van der Waals surface area contributed by atoms with E-state index in [4.69, 9.17) is 15.2 Å². The second-order valence-corrected chi connectivity index (χ2v) is 4.04. The SMILES string of the molecule is COc1ccc(CCN)cc1OCCOCC(F)(F)F. The summed E-state index contributed by atoms with van der Waals surface area (Å²) in [6.45, 7) is -0.913. The zero-order valence-electron chi connectivity index (χ0n) is 11.2. The summed E-state index contributed by atoms with van der Waals surface area (Å²) in [7, 11) is 1.49. The van der Waals surface area contributed by atoms with Gasteiger partial charge in [0.2, 0.25) is 0 Å². The summed E-state index contributed by atoms with van der Waals surface area (Å²) in [5.41, 5.74) is 6.43. The highest BCUT2D eigenvalue weighted by atomic mass is 19.4. The van der Waals surface area contributed by atoms with E-state index in [0.29, 0.717) is 24.5 Å². The van der Waals surface area contributed by atoms with Gasteiger partial charge >= 0.3 is 6.18 Å². The Hall–Kier alpha value is -1.47. The Labute approximate surface area is 115 Å². The van der Waals surface area contributed by atoms with E-state index in [1.165, 1.54) is 7.11 Å². The first-order valence-corrected chi connectivity index (χ1v) is 6.10. The summed E-state index contributed by atoms with van der Waals surface area (Å²) in [6.07, 6.45) is -3.64. The van der Waals surface area contributed by atoms with Crippen molar-refractivity contribution in [1.29, 1.82) is 0 Å². The fourth-order valence-corrected chi connectivity index (χ4v) is 1.55. The summed E-state index contributed by atoms with van der Waals surface area (Å²) in [5, 5.41) is 0. The molecule has 0 saturated carbocycles. The van der Waals surface area contributed by atoms with Gasteiger partial charge in [0.1, 0.15) is 13.2 Å². The third-order valence-electron chi connectivity index (χ3n) is 2.41. The monoisotopic (exact) mass is 293 g/mol. The molecule has 0 atom stereocenters. The van der Waals surface area contributed by atoms with Crippen molar-refractivity contribution in [2.75, 3.05) is 33.5 Å². The molecular formula is C13H18F3NO3. The Morgan fingerprint density at radius 1 is 1.15 bits per heavy atom. The molecule has 20 heavy (non-hydrogen) atoms. The lowest BCUT2D eigenvalue weighted by molar-refractivity contribution is -0.175. The molecule has 0 aromatic heterocycles. The van der Waals surface area contributed by atoms with Crippen LogP contribution < -0.4 is 15.2 Å². The molecule has 0 radical (unpaired) electrons. The van der Waals surface area contributed by atoms with Gasteiger partial charge in [-0.05, 0) is 30.7 Å². The molecule has 114 valence electrons. The molecule has 0 unspecified atom stereocenters. The van der Waals surface area contributed by atoms with Crippen LogP contribution in [0.4, 0.5) is 13.2 Å². The van der Waals surface area contributed by atoms with Gasteiger partial charge in [0.15, 0.2) is 11.5 Å². The molecule has 4 nitrogen and oxygen atoms in total. The maximum atomic E-state index is 11.9. The van der Waals surface area contributed by atoms with Gasteiger partial charge in [0.05, 0.1) is 13.7 Å². The number of methoxy groups -OCH3 is 1. The van der Waals surface area contributed by atoms with Crippen molar-refractivity contribution in [3.8, 4) is 11.5 Å². The lowest BCUT2D eigenvalue weighted by Crippen LogP contribution is -2.19. The number of benzene rings is 1. The number of rotatable bonds is 8. The summed E-state index contributed by atoms with van der Waals surface area (Å²) in [5.74, 6) is 0.982. The number of hydrogen-bond donors (Lipinski definition) is 1. The van der Waals surface area contributed by atoms with Crippen LogP contribution in [0.3, 0.4) is 0 Å². The Bertz CT molecular complexity index is 410. The minimum absolute atomic E-state index is 0.0124. The molecule has 0 amide bonds. The highest BCUT2D eigenvalue weighted by Gasteiger charge is 2.27. The number of nitrogens with two attached hydrogens (primary N) is 1. The zero-order valence-corrected chi connectivity index (χ0v) is 11.2. The first-order chi connectivity index (χ1) is 9.46. The van der Waals surface area contributed by atoms with Gasteiger partial charge in [0, 0.05) is 0 Å². The summed E-state index contributed by atoms with van der Waals surface area (Å²) in [6, 6.07) is 5.35. The molecular weight excluding hydrogens is 275 g/mol. The topological polar surface area (TPSA) is 53.7 Å². The Morgan fingerprint density at radius 2 is 1.90 bits per heavy atom. The van der Waals surface area contributed by atoms with Gasteiger partial charge in [0.25, 0.3) is 0 Å². The third kappa shape index (κ3) is 6.12. The highest BCUT2D eigenvalue weighted by molar-refractivity contribution is 5.43. The standard InChI is InChI=1S/C13H18F3NO3/c1-18-11-3-2-10(4-5-17)8-12(11)20-7-6-19-9-13(14,15)16/h2-3,8H,4-7,9,17H2,1H3. The second-order valence-electron chi connectivity index (χ2n) is 4.04. The molecule has 0 heterocycles. The lowest BCUT2D eigenvalue weighted by atomic mass is 10.1. The largest absolute Gasteiger partial charge is 0.493 e. The molecule has 0 aliphatic carbocycles. The maximum absolute atomic E-state index is 11.9. The lowest BCUT2D eigenvalue weighted by Gasteiger charge is -2.13. The molecule has 0 saturated heterocycles. The molecule has 7 heteroatoms. The number of halogens is 3. The van der Waals surface area contributed by atoms with Crippen molar-refractivity contribution in [3.63, 3.8) is 0 Å². The van der Waals surface area contributed by atoms with E-state index in [0.717, 1.165) is 5.56 Å². The predicted octanol–water partition coefficient (Wildman–Crippen LogP) is 2.15. The van der Waals surface area contributed by atoms with Gasteiger partial charge in [-0.1, -0.05) is 6.07 Å². The molecule has 2 N–H and O–H groups in total. The van der Waals surface area contributed by atoms with Crippen LogP contribution in [-0.2, 0) is 11.2 Å². The first-order valence-electron chi connectivity index (χ1n) is 6.10. The van der Waals surface area contributed by atoms with E-state index in [9.17, 15) is 13.2 Å². The van der Waals surface area contributed by atoms with Gasteiger partial charge < -0.3 is 19.9 Å². The van der Waals surface area contributed by atoms with E-state index in [1.807, 2.05) is 6.07 Å². The fourth-order valence-electron chi connectivity index (χ4n) is 1.55. The minimum atomic E-state index is -4.32. The second kappa shape index (κ2) is 7.96. The van der Waals surface area contributed by atoms with Crippen LogP contribution in [0.25, 0.3) is 0 Å². The van der Waals surface area contributed by atoms with Crippen LogP contribution in [0, 0.1) is 0 Å². The van der Waals surface area contributed by atoms with Crippen molar-refractivity contribution in [2.45, 2.75) is 12.6 Å². The fraction of sp³-hybridized carbons (Fsp3) is 0.538. The van der Waals surface area contributed by atoms with E-state index in [2.05, 4.69) is 4.74 Å². The molecule has 0 spiro atoms. The van der Waals surface area contributed by atoms with Crippen molar-refractivity contribution >= 4 is 0 Å². The minimum Gasteiger partial charge on any atom is -0.493 e. The van der Waals surface area contributed by atoms with Crippen LogP contribution in [0.5, 0.6) is 11.5 Å². The third-order valence-corrected chi connectivity index (χ3v) is 2.41. The molecule has 0 fully saturated rings. The highest BCUT2D eigenvalue weighted by Crippen LogP contribution is 2.28. The molecule has 1 rings (SSSR count). The van der Waals surface area contributed by atoms with Gasteiger partial charge in [-0.25, -0.2) is 0 Å². The normalized spacial score (nSPS) is 11.4. The zero-order chi connectivity index (χ0) is 15.0. The van der Waals surface area contributed by atoms with E-state index >= 15 is 0 Å². The van der Waals surface area contributed by atoms with Crippen LogP contribution in [0.2, 0.25) is 0 Å². The van der Waals surface area contributed by atoms with Crippen molar-refractivity contribution < 1.29 is 27.4 Å². The maximum Gasteiger partial charge on any atom is 0.411 e. The quantitative estimate of drug-likeness (QED) is 0.746. The smallest absolute Gasteiger partial charge is 0.411 e. The molecule has 0 aliphatic rings. The Balaban J connectivity index is 2.47. The van der Waals surface area contributed by atoms with Gasteiger partial charge in [-0.2, -0.15) is 13.2 Å². The predicted molar refractivity (Wildman–Crippen MR) is 68.1 cm³/mol. The van der Waals surface area contributed by atoms with E-state index < -0.39 is 12.8 Å². The van der Waals surface area contributed by atoms with Crippen LogP contribution in [0.1, 0.15) is 5.56 Å². The molecule has 0 bridgehead atoms. The number of alkyl halides is 3. The summed E-state index contributed by atoms with van der Waals surface area (Å²) >= 11 is 0. The average Bonchev–Trinajstić information content (AvgIpc) is 2.38. The van der Waals surface area contributed by atoms with E-state index in [-0.39, 0.29) is 13.2 Å².